The first-order chi connectivity index (χ1) is 11.0. The minimum Gasteiger partial charge on any atom is -0.370 e. The Morgan fingerprint density at radius 2 is 2.13 bits per heavy atom. The predicted molar refractivity (Wildman–Crippen MR) is 90.0 cm³/mol. The number of aromatic nitrogens is 2. The van der Waals surface area contributed by atoms with Crippen LogP contribution in [0.5, 0.6) is 0 Å². The van der Waals surface area contributed by atoms with Crippen molar-refractivity contribution in [3.63, 3.8) is 0 Å². The van der Waals surface area contributed by atoms with Crippen LogP contribution in [0.15, 0.2) is 30.6 Å². The SMILES string of the molecule is Cc1cc([N+](=O)[O-])cc(Cl)c1N1CCC(Cn2cccn2)CC1. The number of nitrogens with zero attached hydrogens (tertiary/aromatic N) is 4. The van der Waals surface area contributed by atoms with Gasteiger partial charge in [0.15, 0.2) is 0 Å². The Bertz CT molecular complexity index is 671. The van der Waals surface area contributed by atoms with Gasteiger partial charge >= 0.3 is 0 Å². The van der Waals surface area contributed by atoms with Gasteiger partial charge in [-0.25, -0.2) is 0 Å². The summed E-state index contributed by atoms with van der Waals surface area (Å²) in [5.41, 5.74) is 1.83. The van der Waals surface area contributed by atoms with Gasteiger partial charge in [0.2, 0.25) is 0 Å². The fourth-order valence-electron chi connectivity index (χ4n) is 3.24. The van der Waals surface area contributed by atoms with Gasteiger partial charge in [0.25, 0.3) is 5.69 Å². The Hall–Kier alpha value is -2.08. The minimum atomic E-state index is -0.404. The number of halogens is 1. The molecule has 1 saturated heterocycles. The van der Waals surface area contributed by atoms with Crippen LogP contribution in [0.3, 0.4) is 0 Å². The van der Waals surface area contributed by atoms with E-state index in [2.05, 4.69) is 10.00 Å². The summed E-state index contributed by atoms with van der Waals surface area (Å²) in [6.45, 7) is 4.63. The van der Waals surface area contributed by atoms with Crippen LogP contribution in [-0.4, -0.2) is 27.8 Å². The van der Waals surface area contributed by atoms with Gasteiger partial charge < -0.3 is 4.90 Å². The molecule has 122 valence electrons. The molecule has 2 aromatic rings. The number of rotatable bonds is 4. The van der Waals surface area contributed by atoms with Gasteiger partial charge in [-0.2, -0.15) is 5.10 Å². The number of aryl methyl sites for hydroxylation is 1. The quantitative estimate of drug-likeness (QED) is 0.632. The summed E-state index contributed by atoms with van der Waals surface area (Å²) >= 11 is 6.30. The molecule has 0 aliphatic carbocycles. The molecule has 1 aliphatic heterocycles. The lowest BCUT2D eigenvalue weighted by atomic mass is 9.96. The highest BCUT2D eigenvalue weighted by Gasteiger charge is 2.24. The van der Waals surface area contributed by atoms with Crippen molar-refractivity contribution in [3.8, 4) is 0 Å². The van der Waals surface area contributed by atoms with Crippen LogP contribution in [0.2, 0.25) is 5.02 Å². The number of nitro benzene ring substituents is 1. The number of benzene rings is 1. The van der Waals surface area contributed by atoms with E-state index in [0.29, 0.717) is 10.9 Å². The molecule has 0 atom stereocenters. The van der Waals surface area contributed by atoms with Crippen molar-refractivity contribution in [3.05, 3.63) is 51.3 Å². The van der Waals surface area contributed by atoms with Crippen molar-refractivity contribution in [2.75, 3.05) is 18.0 Å². The van der Waals surface area contributed by atoms with Crippen molar-refractivity contribution < 1.29 is 4.92 Å². The second-order valence-electron chi connectivity index (χ2n) is 6.01. The van der Waals surface area contributed by atoms with Crippen LogP contribution in [-0.2, 0) is 6.54 Å². The van der Waals surface area contributed by atoms with Crippen molar-refractivity contribution in [2.45, 2.75) is 26.3 Å². The molecule has 6 nitrogen and oxygen atoms in total. The zero-order valence-electron chi connectivity index (χ0n) is 13.0. The van der Waals surface area contributed by atoms with E-state index >= 15 is 0 Å². The molecule has 1 aliphatic rings. The van der Waals surface area contributed by atoms with Crippen LogP contribution in [0.25, 0.3) is 0 Å². The summed E-state index contributed by atoms with van der Waals surface area (Å²) in [5.74, 6) is 0.600. The third-order valence-electron chi connectivity index (χ3n) is 4.38. The third kappa shape index (κ3) is 3.47. The summed E-state index contributed by atoms with van der Waals surface area (Å²) in [6.07, 6.45) is 5.91. The topological polar surface area (TPSA) is 64.2 Å². The maximum absolute atomic E-state index is 10.9. The number of piperidine rings is 1. The van der Waals surface area contributed by atoms with E-state index in [1.54, 1.807) is 12.3 Å². The second-order valence-corrected chi connectivity index (χ2v) is 6.42. The Balaban J connectivity index is 1.69. The number of hydrogen-bond donors (Lipinski definition) is 0. The predicted octanol–water partition coefficient (Wildman–Crippen LogP) is 3.67. The zero-order chi connectivity index (χ0) is 16.4. The Labute approximate surface area is 139 Å². The average molecular weight is 335 g/mol. The highest BCUT2D eigenvalue weighted by Crippen LogP contribution is 2.36. The molecule has 0 unspecified atom stereocenters. The monoisotopic (exact) mass is 334 g/mol. The minimum absolute atomic E-state index is 0.0461. The third-order valence-corrected chi connectivity index (χ3v) is 4.67. The number of hydrogen-bond acceptors (Lipinski definition) is 4. The maximum Gasteiger partial charge on any atom is 0.271 e. The fourth-order valence-corrected chi connectivity index (χ4v) is 3.62. The molecule has 1 aromatic heterocycles. The molecule has 2 heterocycles. The molecule has 3 rings (SSSR count). The molecule has 1 aromatic carbocycles. The van der Waals surface area contributed by atoms with Crippen LogP contribution < -0.4 is 4.90 Å². The molecular formula is C16H19ClN4O2. The molecule has 0 amide bonds. The van der Waals surface area contributed by atoms with E-state index in [-0.39, 0.29) is 5.69 Å². The first-order valence-electron chi connectivity index (χ1n) is 7.71. The Kier molecular flexibility index (Phi) is 4.52. The van der Waals surface area contributed by atoms with Crippen molar-refractivity contribution in [2.24, 2.45) is 5.92 Å². The lowest BCUT2D eigenvalue weighted by Gasteiger charge is -2.35. The largest absolute Gasteiger partial charge is 0.370 e. The highest BCUT2D eigenvalue weighted by molar-refractivity contribution is 6.33. The van der Waals surface area contributed by atoms with Crippen LogP contribution >= 0.6 is 11.6 Å². The molecule has 7 heteroatoms. The van der Waals surface area contributed by atoms with Crippen LogP contribution in [0.1, 0.15) is 18.4 Å². The van der Waals surface area contributed by atoms with Crippen LogP contribution in [0.4, 0.5) is 11.4 Å². The van der Waals surface area contributed by atoms with Gasteiger partial charge in [-0.05, 0) is 37.3 Å². The zero-order valence-corrected chi connectivity index (χ0v) is 13.7. The molecule has 0 radical (unpaired) electrons. The molecule has 0 N–H and O–H groups in total. The molecule has 23 heavy (non-hydrogen) atoms. The van der Waals surface area contributed by atoms with Gasteiger partial charge in [0, 0.05) is 44.2 Å². The molecule has 0 saturated carbocycles. The summed E-state index contributed by atoms with van der Waals surface area (Å²) in [5, 5.41) is 15.6. The average Bonchev–Trinajstić information content (AvgIpc) is 3.01. The van der Waals surface area contributed by atoms with Crippen LogP contribution in [0, 0.1) is 23.0 Å². The van der Waals surface area contributed by atoms with Gasteiger partial charge in [-0.3, -0.25) is 14.8 Å². The van der Waals surface area contributed by atoms with E-state index in [9.17, 15) is 10.1 Å². The lowest BCUT2D eigenvalue weighted by Crippen LogP contribution is -2.35. The second kappa shape index (κ2) is 6.58. The Morgan fingerprint density at radius 3 is 2.70 bits per heavy atom. The molecule has 0 spiro atoms. The first-order valence-corrected chi connectivity index (χ1v) is 8.09. The smallest absolute Gasteiger partial charge is 0.271 e. The van der Waals surface area contributed by atoms with Gasteiger partial charge in [0.05, 0.1) is 15.6 Å². The normalized spacial score (nSPS) is 15.8. The molecular weight excluding hydrogens is 316 g/mol. The van der Waals surface area contributed by atoms with E-state index in [1.807, 2.05) is 23.9 Å². The van der Waals surface area contributed by atoms with E-state index in [0.717, 1.165) is 43.7 Å². The number of non-ortho nitro benzene ring substituents is 1. The van der Waals surface area contributed by atoms with E-state index in [4.69, 9.17) is 11.6 Å². The van der Waals surface area contributed by atoms with E-state index in [1.165, 1.54) is 6.07 Å². The number of anilines is 1. The first kappa shape index (κ1) is 15.8. The summed E-state index contributed by atoms with van der Waals surface area (Å²) in [7, 11) is 0. The Morgan fingerprint density at radius 1 is 1.39 bits per heavy atom. The molecule has 1 fully saturated rings. The summed E-state index contributed by atoms with van der Waals surface area (Å²) in [4.78, 5) is 12.7. The van der Waals surface area contributed by atoms with Crippen molar-refractivity contribution >= 4 is 23.0 Å². The lowest BCUT2D eigenvalue weighted by molar-refractivity contribution is -0.384. The summed E-state index contributed by atoms with van der Waals surface area (Å²) < 4.78 is 1.98. The van der Waals surface area contributed by atoms with Crippen molar-refractivity contribution in [1.29, 1.82) is 0 Å². The summed E-state index contributed by atoms with van der Waals surface area (Å²) in [6, 6.07) is 4.98. The van der Waals surface area contributed by atoms with Crippen molar-refractivity contribution in [1.82, 2.24) is 9.78 Å². The molecule has 0 bridgehead atoms. The highest BCUT2D eigenvalue weighted by atomic mass is 35.5. The maximum atomic E-state index is 10.9. The fraction of sp³-hybridized carbons (Fsp3) is 0.438. The standard InChI is InChI=1S/C16H19ClN4O2/c1-12-9-14(21(22)23)10-15(17)16(12)19-7-3-13(4-8-19)11-20-6-2-5-18-20/h2,5-6,9-10,13H,3-4,7-8,11H2,1H3. The van der Waals surface area contributed by atoms with E-state index < -0.39 is 4.92 Å². The number of nitro groups is 1. The van der Waals surface area contributed by atoms with Gasteiger partial charge in [-0.15, -0.1) is 0 Å². The van der Waals surface area contributed by atoms with Gasteiger partial charge in [-0.1, -0.05) is 11.6 Å². The van der Waals surface area contributed by atoms with Gasteiger partial charge in [0.1, 0.15) is 0 Å².